The van der Waals surface area contributed by atoms with Crippen molar-refractivity contribution in [2.75, 3.05) is 6.54 Å². The third kappa shape index (κ3) is 6.07. The first-order valence-corrected chi connectivity index (χ1v) is 12.8. The predicted molar refractivity (Wildman–Crippen MR) is 139 cm³/mol. The van der Waals surface area contributed by atoms with Crippen molar-refractivity contribution < 1.29 is 13.2 Å². The lowest BCUT2D eigenvalue weighted by Crippen LogP contribution is -2.15. The molecule has 0 unspecified atom stereocenters. The molecule has 1 aliphatic heterocycles. The van der Waals surface area contributed by atoms with E-state index in [1.807, 2.05) is 12.2 Å². The zero-order valence-corrected chi connectivity index (χ0v) is 21.0. The van der Waals surface area contributed by atoms with Gasteiger partial charge in [0.15, 0.2) is 0 Å². The highest BCUT2D eigenvalue weighted by atomic mass is 35.5. The number of halogens is 4. The molecule has 0 radical (unpaired) electrons. The smallest absolute Gasteiger partial charge is 0.320 e. The lowest BCUT2D eigenvalue weighted by molar-refractivity contribution is -0.121. The first-order chi connectivity index (χ1) is 17.3. The van der Waals surface area contributed by atoms with Crippen molar-refractivity contribution >= 4 is 40.3 Å². The van der Waals surface area contributed by atoms with Gasteiger partial charge in [0.2, 0.25) is 0 Å². The van der Waals surface area contributed by atoms with Crippen LogP contribution in [-0.4, -0.2) is 34.2 Å². The van der Waals surface area contributed by atoms with Crippen LogP contribution in [0.3, 0.4) is 0 Å². The van der Waals surface area contributed by atoms with Gasteiger partial charge < -0.3 is 4.57 Å². The van der Waals surface area contributed by atoms with Crippen molar-refractivity contribution in [1.82, 2.24) is 9.55 Å². The molecule has 36 heavy (non-hydrogen) atoms. The van der Waals surface area contributed by atoms with Gasteiger partial charge >= 0.3 is 6.18 Å². The van der Waals surface area contributed by atoms with Gasteiger partial charge in [0, 0.05) is 29.6 Å². The Hall–Kier alpha value is -2.92. The Morgan fingerprint density at radius 1 is 1.22 bits per heavy atom. The molecule has 3 heterocycles. The molecule has 1 fully saturated rings. The van der Waals surface area contributed by atoms with Crippen LogP contribution in [0.15, 0.2) is 40.0 Å². The van der Waals surface area contributed by atoms with E-state index in [1.165, 1.54) is 0 Å². The molecule has 9 heteroatoms. The van der Waals surface area contributed by atoms with E-state index < -0.39 is 12.6 Å². The number of hydrogen-bond donors (Lipinski definition) is 0. The molecule has 1 saturated carbocycles. The highest BCUT2D eigenvalue weighted by Crippen LogP contribution is 2.40. The molecule has 1 aliphatic carbocycles. The van der Waals surface area contributed by atoms with Gasteiger partial charge in [-0.15, -0.1) is 0 Å². The van der Waals surface area contributed by atoms with Crippen LogP contribution >= 0.6 is 11.6 Å². The summed E-state index contributed by atoms with van der Waals surface area (Å²) in [5.41, 5.74) is 3.53. The van der Waals surface area contributed by atoms with Crippen LogP contribution in [0.25, 0.3) is 16.7 Å². The number of allylic oxidation sites excluding steroid dienone is 2. The first-order valence-electron chi connectivity index (χ1n) is 12.4. The topological polar surface area (TPSA) is 66.3 Å². The van der Waals surface area contributed by atoms with E-state index in [4.69, 9.17) is 16.6 Å². The number of fused-ring (bicyclic) bond motifs is 1. The largest absolute Gasteiger partial charge is 0.394 e. The Morgan fingerprint density at radius 3 is 2.67 bits per heavy atom. The number of rotatable bonds is 6. The number of nitriles is 1. The Labute approximate surface area is 214 Å². The van der Waals surface area contributed by atoms with Crippen LogP contribution in [-0.2, 0) is 0 Å². The number of aliphatic imine (C=N–C) groups is 2. The van der Waals surface area contributed by atoms with Crippen molar-refractivity contribution in [1.29, 1.82) is 5.26 Å². The maximum absolute atomic E-state index is 12.8. The molecule has 2 aromatic heterocycles. The fourth-order valence-electron chi connectivity index (χ4n) is 4.94. The van der Waals surface area contributed by atoms with Crippen LogP contribution in [0.2, 0.25) is 5.02 Å². The molecular formula is C27H29ClF3N5. The van der Waals surface area contributed by atoms with E-state index in [1.54, 1.807) is 25.4 Å². The van der Waals surface area contributed by atoms with E-state index in [-0.39, 0.29) is 24.7 Å². The second-order valence-electron chi connectivity index (χ2n) is 9.25. The van der Waals surface area contributed by atoms with E-state index in [0.717, 1.165) is 61.9 Å². The van der Waals surface area contributed by atoms with Crippen molar-refractivity contribution in [2.24, 2.45) is 9.98 Å². The average molecular weight is 516 g/mol. The fraction of sp³-hybridized carbons (Fsp3) is 0.481. The van der Waals surface area contributed by atoms with Crippen molar-refractivity contribution in [3.63, 3.8) is 0 Å². The number of pyridine rings is 1. The highest BCUT2D eigenvalue weighted by molar-refractivity contribution is 6.31. The van der Waals surface area contributed by atoms with Crippen LogP contribution in [0, 0.1) is 11.3 Å². The van der Waals surface area contributed by atoms with Gasteiger partial charge in [-0.3, -0.25) is 9.98 Å². The molecule has 0 N–H and O–H groups in total. The third-order valence-corrected chi connectivity index (χ3v) is 6.88. The third-order valence-electron chi connectivity index (χ3n) is 6.67. The van der Waals surface area contributed by atoms with E-state index in [2.05, 4.69) is 20.6 Å². The Morgan fingerprint density at radius 2 is 1.97 bits per heavy atom. The minimum absolute atomic E-state index is 0.128. The second-order valence-corrected chi connectivity index (χ2v) is 9.69. The minimum Gasteiger partial charge on any atom is -0.320 e. The summed E-state index contributed by atoms with van der Waals surface area (Å²) in [6.45, 7) is 1.83. The van der Waals surface area contributed by atoms with Crippen molar-refractivity contribution in [3.05, 3.63) is 46.3 Å². The SMILES string of the molecule is CCC(CC(F)(F)F)=NCC1=C/CCC/C=C(c2c(C#N)c3cc(Cl)cnc3n2C2CCCC2)/N=C\1. The Bertz CT molecular complexity index is 1270. The minimum atomic E-state index is -4.27. The molecule has 0 bridgehead atoms. The van der Waals surface area contributed by atoms with Gasteiger partial charge in [-0.05, 0) is 50.2 Å². The summed E-state index contributed by atoms with van der Waals surface area (Å²) in [6.07, 6.45) is 8.92. The molecular weight excluding hydrogens is 487 g/mol. The van der Waals surface area contributed by atoms with Crippen LogP contribution in [0.1, 0.15) is 82.0 Å². The van der Waals surface area contributed by atoms with E-state index in [0.29, 0.717) is 21.7 Å². The van der Waals surface area contributed by atoms with Gasteiger partial charge in [-0.1, -0.05) is 43.5 Å². The summed E-state index contributed by atoms with van der Waals surface area (Å²) >= 11 is 6.24. The molecule has 0 aromatic carbocycles. The number of nitrogens with zero attached hydrogens (tertiary/aromatic N) is 5. The maximum Gasteiger partial charge on any atom is 0.394 e. The highest BCUT2D eigenvalue weighted by Gasteiger charge is 2.29. The molecule has 2 aromatic rings. The molecule has 0 saturated heterocycles. The lowest BCUT2D eigenvalue weighted by atomic mass is 10.1. The van der Waals surface area contributed by atoms with E-state index in [9.17, 15) is 18.4 Å². The second kappa shape index (κ2) is 11.4. The van der Waals surface area contributed by atoms with Gasteiger partial charge in [0.1, 0.15) is 11.7 Å². The summed E-state index contributed by atoms with van der Waals surface area (Å²) < 4.78 is 40.7. The zero-order chi connectivity index (χ0) is 25.7. The van der Waals surface area contributed by atoms with E-state index >= 15 is 0 Å². The first kappa shape index (κ1) is 26.2. The number of hydrogen-bond acceptors (Lipinski definition) is 4. The summed E-state index contributed by atoms with van der Waals surface area (Å²) in [7, 11) is 0. The van der Waals surface area contributed by atoms with Crippen LogP contribution in [0.4, 0.5) is 13.2 Å². The van der Waals surface area contributed by atoms with Crippen LogP contribution in [0.5, 0.6) is 0 Å². The van der Waals surface area contributed by atoms with Crippen molar-refractivity contribution in [2.45, 2.75) is 76.9 Å². The standard InChI is InChI=1S/C27H29ClF3N5/c1-2-20(13-27(29,30)31)33-15-18-8-4-3-5-11-24(34-16-18)25-23(14-32)22-12-19(28)17-35-26(22)36(25)21-9-6-7-10-21/h8,11-12,16-17,21H,2-7,9-10,13,15H2,1H3/b18-8-,24-11+,33-20?,34-16-. The normalized spacial score (nSPS) is 21.7. The molecule has 0 atom stereocenters. The van der Waals surface area contributed by atoms with Gasteiger partial charge in [-0.2, -0.15) is 18.4 Å². The van der Waals surface area contributed by atoms with Gasteiger partial charge in [0.05, 0.1) is 34.9 Å². The zero-order valence-electron chi connectivity index (χ0n) is 20.3. The summed E-state index contributed by atoms with van der Waals surface area (Å²) in [5, 5.41) is 11.3. The molecule has 190 valence electrons. The maximum atomic E-state index is 12.8. The summed E-state index contributed by atoms with van der Waals surface area (Å²) in [4.78, 5) is 13.6. The molecule has 2 aliphatic rings. The molecule has 5 nitrogen and oxygen atoms in total. The van der Waals surface area contributed by atoms with Gasteiger partial charge in [0.25, 0.3) is 0 Å². The van der Waals surface area contributed by atoms with Gasteiger partial charge in [-0.25, -0.2) is 4.98 Å². The molecule has 0 spiro atoms. The molecule has 0 amide bonds. The average Bonchev–Trinajstić information content (AvgIpc) is 3.48. The fourth-order valence-corrected chi connectivity index (χ4v) is 5.09. The predicted octanol–water partition coefficient (Wildman–Crippen LogP) is 8.00. The van der Waals surface area contributed by atoms with Crippen LogP contribution < -0.4 is 0 Å². The van der Waals surface area contributed by atoms with Crippen molar-refractivity contribution in [3.8, 4) is 6.07 Å². The monoisotopic (exact) mass is 515 g/mol. The summed E-state index contributed by atoms with van der Waals surface area (Å²) in [5.74, 6) is 0. The Kier molecular flexibility index (Phi) is 8.30. The Balaban J connectivity index is 1.74. The molecule has 4 rings (SSSR count). The quantitative estimate of drug-likeness (QED) is 0.366. The number of alkyl halides is 3. The lowest BCUT2D eigenvalue weighted by Gasteiger charge is -2.17. The number of aromatic nitrogens is 2. The summed E-state index contributed by atoms with van der Waals surface area (Å²) in [6, 6.07) is 4.36.